The van der Waals surface area contributed by atoms with Gasteiger partial charge in [0.25, 0.3) is 0 Å². The second kappa shape index (κ2) is 2.84. The van der Waals surface area contributed by atoms with Gasteiger partial charge in [0.1, 0.15) is 5.60 Å². The molecule has 0 N–H and O–H groups in total. The fourth-order valence-electron chi connectivity index (χ4n) is 3.11. The molecule has 0 aromatic heterocycles. The van der Waals surface area contributed by atoms with Gasteiger partial charge in [-0.25, -0.2) is 0 Å². The minimum atomic E-state index is 0.276. The standard InChI is InChI=1S/C12H18O/c1-2-6-10(7-3-1)12-9-5-4-8-11(12)13-12/h6,11H,1-5,7-9H2/t11-,12-/m1/s1. The zero-order valence-electron chi connectivity index (χ0n) is 8.22. The van der Waals surface area contributed by atoms with Crippen LogP contribution in [0.15, 0.2) is 11.6 Å². The van der Waals surface area contributed by atoms with E-state index in [9.17, 15) is 0 Å². The monoisotopic (exact) mass is 178 g/mol. The third kappa shape index (κ3) is 1.17. The van der Waals surface area contributed by atoms with Crippen LogP contribution in [0.1, 0.15) is 51.4 Å². The Morgan fingerprint density at radius 2 is 2.23 bits per heavy atom. The molecule has 1 saturated heterocycles. The molecule has 1 aliphatic heterocycles. The predicted octanol–water partition coefficient (Wildman–Crippen LogP) is 3.20. The average Bonchev–Trinajstić information content (AvgIpc) is 2.94. The fraction of sp³-hybridized carbons (Fsp3) is 0.833. The number of hydrogen-bond donors (Lipinski definition) is 0. The Labute approximate surface area is 80.2 Å². The van der Waals surface area contributed by atoms with Crippen molar-refractivity contribution in [3.63, 3.8) is 0 Å². The lowest BCUT2D eigenvalue weighted by molar-refractivity contribution is 0.309. The van der Waals surface area contributed by atoms with Gasteiger partial charge in [-0.05, 0) is 44.1 Å². The molecule has 0 spiro atoms. The van der Waals surface area contributed by atoms with Crippen LogP contribution in [-0.4, -0.2) is 11.7 Å². The highest BCUT2D eigenvalue weighted by molar-refractivity contribution is 5.29. The van der Waals surface area contributed by atoms with Gasteiger partial charge in [0, 0.05) is 0 Å². The van der Waals surface area contributed by atoms with Crippen molar-refractivity contribution in [2.24, 2.45) is 0 Å². The average molecular weight is 178 g/mol. The second-order valence-corrected chi connectivity index (χ2v) is 4.72. The van der Waals surface area contributed by atoms with Gasteiger partial charge >= 0.3 is 0 Å². The highest BCUT2D eigenvalue weighted by Gasteiger charge is 2.58. The highest BCUT2D eigenvalue weighted by Crippen LogP contribution is 2.54. The molecular formula is C12H18O. The lowest BCUT2D eigenvalue weighted by atomic mass is 9.79. The van der Waals surface area contributed by atoms with E-state index in [1.165, 1.54) is 51.4 Å². The van der Waals surface area contributed by atoms with E-state index in [2.05, 4.69) is 6.08 Å². The summed E-state index contributed by atoms with van der Waals surface area (Å²) in [6.07, 6.45) is 13.9. The molecule has 0 aromatic rings. The summed E-state index contributed by atoms with van der Waals surface area (Å²) in [6, 6.07) is 0. The van der Waals surface area contributed by atoms with E-state index in [-0.39, 0.29) is 5.60 Å². The van der Waals surface area contributed by atoms with Crippen LogP contribution in [0.25, 0.3) is 0 Å². The van der Waals surface area contributed by atoms with Gasteiger partial charge in [-0.3, -0.25) is 0 Å². The highest BCUT2D eigenvalue weighted by atomic mass is 16.6. The molecule has 0 radical (unpaired) electrons. The van der Waals surface area contributed by atoms with E-state index in [0.29, 0.717) is 6.10 Å². The number of fused-ring (bicyclic) bond motifs is 1. The van der Waals surface area contributed by atoms with Crippen LogP contribution in [0.4, 0.5) is 0 Å². The lowest BCUT2D eigenvalue weighted by Crippen LogP contribution is -2.23. The molecule has 1 heterocycles. The molecule has 1 heteroatoms. The summed E-state index contributed by atoms with van der Waals surface area (Å²) in [7, 11) is 0. The van der Waals surface area contributed by atoms with E-state index in [1.807, 2.05) is 0 Å². The van der Waals surface area contributed by atoms with Gasteiger partial charge in [-0.15, -0.1) is 0 Å². The van der Waals surface area contributed by atoms with Crippen molar-refractivity contribution in [3.05, 3.63) is 11.6 Å². The van der Waals surface area contributed by atoms with Gasteiger partial charge in [-0.1, -0.05) is 18.9 Å². The number of rotatable bonds is 1. The molecule has 1 nitrogen and oxygen atoms in total. The van der Waals surface area contributed by atoms with Crippen LogP contribution in [0.2, 0.25) is 0 Å². The molecule has 3 rings (SSSR count). The third-order valence-corrected chi connectivity index (χ3v) is 3.91. The quantitative estimate of drug-likeness (QED) is 0.443. The van der Waals surface area contributed by atoms with Gasteiger partial charge in [-0.2, -0.15) is 0 Å². The lowest BCUT2D eigenvalue weighted by Gasteiger charge is -2.23. The zero-order valence-corrected chi connectivity index (χ0v) is 8.22. The normalized spacial score (nSPS) is 43.7. The molecule has 72 valence electrons. The maximum Gasteiger partial charge on any atom is 0.116 e. The molecular weight excluding hydrogens is 160 g/mol. The molecule has 2 fully saturated rings. The molecule has 0 unspecified atom stereocenters. The fourth-order valence-corrected chi connectivity index (χ4v) is 3.11. The Kier molecular flexibility index (Phi) is 1.76. The van der Waals surface area contributed by atoms with Crippen molar-refractivity contribution in [2.45, 2.75) is 63.1 Å². The third-order valence-electron chi connectivity index (χ3n) is 3.91. The summed E-state index contributed by atoms with van der Waals surface area (Å²) in [5.41, 5.74) is 1.93. The maximum atomic E-state index is 5.94. The molecule has 1 saturated carbocycles. The topological polar surface area (TPSA) is 12.5 Å². The Morgan fingerprint density at radius 3 is 3.00 bits per heavy atom. The van der Waals surface area contributed by atoms with Gasteiger partial charge < -0.3 is 4.74 Å². The zero-order chi connectivity index (χ0) is 8.73. The van der Waals surface area contributed by atoms with E-state index in [1.54, 1.807) is 5.57 Å². The van der Waals surface area contributed by atoms with Gasteiger partial charge in [0.15, 0.2) is 0 Å². The Bertz CT molecular complexity index is 244. The SMILES string of the molecule is C1=C([C@]23CCCC[C@H]2O3)CCCC1. The largest absolute Gasteiger partial charge is 0.361 e. The van der Waals surface area contributed by atoms with Gasteiger partial charge in [0.05, 0.1) is 6.10 Å². The summed E-state index contributed by atoms with van der Waals surface area (Å²) in [5.74, 6) is 0. The van der Waals surface area contributed by atoms with Crippen LogP contribution in [0.3, 0.4) is 0 Å². The van der Waals surface area contributed by atoms with Crippen molar-refractivity contribution in [3.8, 4) is 0 Å². The molecule has 0 bridgehead atoms. The first-order valence-electron chi connectivity index (χ1n) is 5.79. The molecule has 0 aromatic carbocycles. The number of allylic oxidation sites excluding steroid dienone is 1. The van der Waals surface area contributed by atoms with Gasteiger partial charge in [0.2, 0.25) is 0 Å². The van der Waals surface area contributed by atoms with Crippen LogP contribution < -0.4 is 0 Å². The summed E-state index contributed by atoms with van der Waals surface area (Å²) in [6.45, 7) is 0. The van der Waals surface area contributed by atoms with E-state index in [0.717, 1.165) is 0 Å². The second-order valence-electron chi connectivity index (χ2n) is 4.72. The van der Waals surface area contributed by atoms with Crippen molar-refractivity contribution in [2.75, 3.05) is 0 Å². The van der Waals surface area contributed by atoms with E-state index >= 15 is 0 Å². The summed E-state index contributed by atoms with van der Waals surface area (Å²) >= 11 is 0. The van der Waals surface area contributed by atoms with Crippen molar-refractivity contribution < 1.29 is 4.74 Å². The Balaban J connectivity index is 1.80. The van der Waals surface area contributed by atoms with Crippen molar-refractivity contribution in [1.29, 1.82) is 0 Å². The first-order chi connectivity index (χ1) is 6.42. The molecule has 0 amide bonds. The number of ether oxygens (including phenoxy) is 1. The molecule has 13 heavy (non-hydrogen) atoms. The summed E-state index contributed by atoms with van der Waals surface area (Å²) in [5, 5.41) is 0. The van der Waals surface area contributed by atoms with Crippen molar-refractivity contribution >= 4 is 0 Å². The first kappa shape index (κ1) is 8.05. The van der Waals surface area contributed by atoms with E-state index in [4.69, 9.17) is 4.74 Å². The smallest absolute Gasteiger partial charge is 0.116 e. The Morgan fingerprint density at radius 1 is 1.23 bits per heavy atom. The van der Waals surface area contributed by atoms with Crippen LogP contribution in [-0.2, 0) is 4.74 Å². The van der Waals surface area contributed by atoms with Crippen LogP contribution >= 0.6 is 0 Å². The minimum absolute atomic E-state index is 0.276. The maximum absolute atomic E-state index is 5.94. The Hall–Kier alpha value is -0.300. The van der Waals surface area contributed by atoms with Crippen LogP contribution in [0, 0.1) is 0 Å². The summed E-state index contributed by atoms with van der Waals surface area (Å²) in [4.78, 5) is 0. The first-order valence-corrected chi connectivity index (χ1v) is 5.79. The van der Waals surface area contributed by atoms with E-state index < -0.39 is 0 Å². The number of epoxide rings is 1. The van der Waals surface area contributed by atoms with Crippen LogP contribution in [0.5, 0.6) is 0 Å². The predicted molar refractivity (Wildman–Crippen MR) is 52.6 cm³/mol. The molecule has 3 aliphatic rings. The summed E-state index contributed by atoms with van der Waals surface area (Å²) < 4.78 is 5.94. The molecule has 2 atom stereocenters. The molecule has 2 aliphatic carbocycles. The minimum Gasteiger partial charge on any atom is -0.361 e. The van der Waals surface area contributed by atoms with Crippen molar-refractivity contribution in [1.82, 2.24) is 0 Å². The number of hydrogen-bond acceptors (Lipinski definition) is 1.